The van der Waals surface area contributed by atoms with E-state index < -0.39 is 11.8 Å². The Morgan fingerprint density at radius 2 is 1.54 bits per heavy atom. The van der Waals surface area contributed by atoms with Crippen LogP contribution in [0.1, 0.15) is 5.56 Å². The highest BCUT2D eigenvalue weighted by atomic mass is 32.1. The molecule has 2 aromatic rings. The van der Waals surface area contributed by atoms with Crippen LogP contribution in [0.15, 0.2) is 54.6 Å². The van der Waals surface area contributed by atoms with Gasteiger partial charge in [0.2, 0.25) is 0 Å². The molecule has 3 N–H and O–H groups in total. The molecule has 0 radical (unpaired) electrons. The molecule has 136 valence electrons. The van der Waals surface area contributed by atoms with E-state index in [9.17, 15) is 9.59 Å². The number of para-hydroxylation sites is 2. The lowest BCUT2D eigenvalue weighted by atomic mass is 10.2. The fraction of sp³-hybridized carbons (Fsp3) is 0.167. The highest BCUT2D eigenvalue weighted by molar-refractivity contribution is 7.80. The SMILES string of the molecule is Cc1ccccc1OCC(=O)NNC(=S)NC(=O)COc1ccccc1. The Balaban J connectivity index is 1.63. The molecule has 26 heavy (non-hydrogen) atoms. The largest absolute Gasteiger partial charge is 0.484 e. The number of carbonyl (C=O) groups is 2. The van der Waals surface area contributed by atoms with Gasteiger partial charge in [0, 0.05) is 0 Å². The van der Waals surface area contributed by atoms with Crippen LogP contribution in [0, 0.1) is 6.92 Å². The summed E-state index contributed by atoms with van der Waals surface area (Å²) >= 11 is 4.92. The lowest BCUT2D eigenvalue weighted by Gasteiger charge is -2.12. The van der Waals surface area contributed by atoms with Gasteiger partial charge in [-0.1, -0.05) is 36.4 Å². The molecule has 8 heteroatoms. The fourth-order valence-corrected chi connectivity index (χ4v) is 2.05. The smallest absolute Gasteiger partial charge is 0.276 e. The number of amides is 2. The van der Waals surface area contributed by atoms with Gasteiger partial charge in [0.25, 0.3) is 11.8 Å². The highest BCUT2D eigenvalue weighted by Gasteiger charge is 2.08. The molecule has 0 unspecified atom stereocenters. The summed E-state index contributed by atoms with van der Waals surface area (Å²) in [6.45, 7) is 1.50. The average molecular weight is 373 g/mol. The predicted molar refractivity (Wildman–Crippen MR) is 101 cm³/mol. The lowest BCUT2D eigenvalue weighted by molar-refractivity contribution is -0.124. The molecule has 2 aromatic carbocycles. The first-order valence-corrected chi connectivity index (χ1v) is 8.20. The second kappa shape index (κ2) is 10.00. The van der Waals surface area contributed by atoms with Crippen LogP contribution in [0.4, 0.5) is 0 Å². The second-order valence-electron chi connectivity index (χ2n) is 5.21. The van der Waals surface area contributed by atoms with Gasteiger partial charge < -0.3 is 9.47 Å². The maximum Gasteiger partial charge on any atom is 0.276 e. The maximum atomic E-state index is 11.7. The maximum absolute atomic E-state index is 11.7. The molecular formula is C18H19N3O4S. The summed E-state index contributed by atoms with van der Waals surface area (Å²) in [5.74, 6) is 0.307. The summed E-state index contributed by atoms with van der Waals surface area (Å²) in [5.41, 5.74) is 5.69. The third kappa shape index (κ3) is 6.78. The summed E-state index contributed by atoms with van der Waals surface area (Å²) in [5, 5.41) is 2.34. The van der Waals surface area contributed by atoms with Gasteiger partial charge in [-0.3, -0.25) is 25.8 Å². The third-order valence-corrected chi connectivity index (χ3v) is 3.34. The van der Waals surface area contributed by atoms with Crippen LogP contribution in [0.3, 0.4) is 0 Å². The quantitative estimate of drug-likeness (QED) is 0.525. The number of nitrogens with one attached hydrogen (secondary N) is 3. The Bertz CT molecular complexity index is 768. The highest BCUT2D eigenvalue weighted by Crippen LogP contribution is 2.15. The minimum absolute atomic E-state index is 0.0455. The molecule has 0 spiro atoms. The number of hydrogen-bond donors (Lipinski definition) is 3. The minimum Gasteiger partial charge on any atom is -0.484 e. The number of hydrogen-bond acceptors (Lipinski definition) is 5. The van der Waals surface area contributed by atoms with Crippen molar-refractivity contribution in [2.45, 2.75) is 6.92 Å². The second-order valence-corrected chi connectivity index (χ2v) is 5.61. The van der Waals surface area contributed by atoms with E-state index in [0.29, 0.717) is 11.5 Å². The van der Waals surface area contributed by atoms with Crippen molar-refractivity contribution in [3.63, 3.8) is 0 Å². The predicted octanol–water partition coefficient (Wildman–Crippen LogP) is 1.47. The Labute approximate surface area is 156 Å². The topological polar surface area (TPSA) is 88.7 Å². The van der Waals surface area contributed by atoms with Crippen molar-refractivity contribution < 1.29 is 19.1 Å². The van der Waals surface area contributed by atoms with E-state index >= 15 is 0 Å². The monoisotopic (exact) mass is 373 g/mol. The Morgan fingerprint density at radius 3 is 2.27 bits per heavy atom. The molecule has 0 atom stereocenters. The van der Waals surface area contributed by atoms with E-state index in [0.717, 1.165) is 5.56 Å². The van der Waals surface area contributed by atoms with E-state index in [2.05, 4.69) is 16.2 Å². The van der Waals surface area contributed by atoms with Gasteiger partial charge in [0.15, 0.2) is 18.3 Å². The summed E-state index contributed by atoms with van der Waals surface area (Å²) < 4.78 is 10.7. The first kappa shape index (κ1) is 19.2. The van der Waals surface area contributed by atoms with Crippen molar-refractivity contribution in [3.8, 4) is 11.5 Å². The van der Waals surface area contributed by atoms with Crippen molar-refractivity contribution in [1.82, 2.24) is 16.2 Å². The summed E-state index contributed by atoms with van der Waals surface area (Å²) in [6.07, 6.45) is 0. The number of ether oxygens (including phenoxy) is 2. The normalized spacial score (nSPS) is 9.73. The van der Waals surface area contributed by atoms with Crippen molar-refractivity contribution in [2.75, 3.05) is 13.2 Å². The molecule has 0 aliphatic carbocycles. The standard InChI is InChI=1S/C18H19N3O4S/c1-13-7-5-6-10-15(13)25-12-17(23)20-21-18(26)19-16(22)11-24-14-8-3-2-4-9-14/h2-10H,11-12H2,1H3,(H,20,23)(H2,19,21,22,26). The number of rotatable bonds is 6. The van der Waals surface area contributed by atoms with Crippen LogP contribution in [0.25, 0.3) is 0 Å². The average Bonchev–Trinajstić information content (AvgIpc) is 2.65. The Morgan fingerprint density at radius 1 is 0.885 bits per heavy atom. The zero-order valence-corrected chi connectivity index (χ0v) is 15.0. The number of carbonyl (C=O) groups excluding carboxylic acids is 2. The van der Waals surface area contributed by atoms with Gasteiger partial charge in [-0.2, -0.15) is 0 Å². The molecule has 7 nitrogen and oxygen atoms in total. The van der Waals surface area contributed by atoms with Crippen molar-refractivity contribution in [1.29, 1.82) is 0 Å². The zero-order chi connectivity index (χ0) is 18.8. The van der Waals surface area contributed by atoms with E-state index in [1.54, 1.807) is 30.3 Å². The van der Waals surface area contributed by atoms with E-state index in [1.165, 1.54) is 0 Å². The molecule has 0 aliphatic rings. The number of hydrazine groups is 1. The van der Waals surface area contributed by atoms with E-state index in [1.807, 2.05) is 31.2 Å². The summed E-state index contributed by atoms with van der Waals surface area (Å²) in [6, 6.07) is 16.3. The molecule has 0 aromatic heterocycles. The lowest BCUT2D eigenvalue weighted by Crippen LogP contribution is -2.50. The van der Waals surface area contributed by atoms with Gasteiger partial charge >= 0.3 is 0 Å². The van der Waals surface area contributed by atoms with Crippen LogP contribution in [0.5, 0.6) is 11.5 Å². The first-order valence-electron chi connectivity index (χ1n) is 7.79. The van der Waals surface area contributed by atoms with Crippen molar-refractivity contribution in [2.24, 2.45) is 0 Å². The molecule has 2 rings (SSSR count). The molecule has 0 heterocycles. The van der Waals surface area contributed by atoms with Gasteiger partial charge in [-0.15, -0.1) is 0 Å². The number of thiocarbonyl (C=S) groups is 1. The van der Waals surface area contributed by atoms with Crippen molar-refractivity contribution >= 4 is 29.1 Å². The van der Waals surface area contributed by atoms with Crippen LogP contribution < -0.4 is 25.6 Å². The summed E-state index contributed by atoms with van der Waals surface area (Å²) in [7, 11) is 0. The van der Waals surface area contributed by atoms with Gasteiger partial charge in [0.05, 0.1) is 0 Å². The molecule has 0 saturated carbocycles. The summed E-state index contributed by atoms with van der Waals surface area (Å²) in [4.78, 5) is 23.5. The minimum atomic E-state index is -0.447. The van der Waals surface area contributed by atoms with Gasteiger partial charge in [-0.25, -0.2) is 0 Å². The molecule has 0 aliphatic heterocycles. The first-order chi connectivity index (χ1) is 12.5. The molecule has 0 bridgehead atoms. The van der Waals surface area contributed by atoms with E-state index in [4.69, 9.17) is 21.7 Å². The van der Waals surface area contributed by atoms with Crippen LogP contribution in [-0.2, 0) is 9.59 Å². The number of benzene rings is 2. The zero-order valence-electron chi connectivity index (χ0n) is 14.2. The molecule has 0 fully saturated rings. The van der Waals surface area contributed by atoms with Crippen molar-refractivity contribution in [3.05, 3.63) is 60.2 Å². The van der Waals surface area contributed by atoms with Gasteiger partial charge in [-0.05, 0) is 42.9 Å². The van der Waals surface area contributed by atoms with Crippen LogP contribution in [0.2, 0.25) is 0 Å². The molecular weight excluding hydrogens is 354 g/mol. The molecule has 2 amide bonds. The van der Waals surface area contributed by atoms with Crippen LogP contribution in [-0.4, -0.2) is 30.1 Å². The fourth-order valence-electron chi connectivity index (χ4n) is 1.88. The third-order valence-electron chi connectivity index (χ3n) is 3.13. The Kier molecular flexibility index (Phi) is 7.38. The Hall–Kier alpha value is -3.13. The molecule has 0 saturated heterocycles. The van der Waals surface area contributed by atoms with E-state index in [-0.39, 0.29) is 18.3 Å². The van der Waals surface area contributed by atoms with Gasteiger partial charge in [0.1, 0.15) is 11.5 Å². The van der Waals surface area contributed by atoms with Crippen LogP contribution >= 0.6 is 12.2 Å². The number of aryl methyl sites for hydroxylation is 1.